The maximum Gasteiger partial charge on any atom is 0.172 e. The van der Waals surface area contributed by atoms with Crippen molar-refractivity contribution in [1.82, 2.24) is 24.5 Å². The summed E-state index contributed by atoms with van der Waals surface area (Å²) in [5.41, 5.74) is 10.2. The number of pyridine rings is 1. The molecular formula is C14H12N6S. The number of hydrogen-bond acceptors (Lipinski definition) is 5. The van der Waals surface area contributed by atoms with Crippen molar-refractivity contribution >= 4 is 39.5 Å². The van der Waals surface area contributed by atoms with Gasteiger partial charge in [-0.3, -0.25) is 0 Å². The molecule has 0 aliphatic rings. The number of nitrogen functional groups attached to an aromatic ring is 1. The standard InChI is InChI=1S/C14H12N6S/c1-20-7-17-12-11(20)4-5-16-13(12)21-14-18-9-3-2-8(15)6-10(9)19-14/h2-7H,15H2,1H3,(H,18,19). The van der Waals surface area contributed by atoms with Crippen molar-refractivity contribution in [2.75, 3.05) is 5.73 Å². The highest BCUT2D eigenvalue weighted by Gasteiger charge is 2.11. The summed E-state index contributed by atoms with van der Waals surface area (Å²) in [5.74, 6) is 0. The molecule has 104 valence electrons. The predicted octanol–water partition coefficient (Wildman–Crippen LogP) is 2.58. The Morgan fingerprint density at radius 2 is 2.14 bits per heavy atom. The minimum Gasteiger partial charge on any atom is -0.399 e. The summed E-state index contributed by atoms with van der Waals surface area (Å²) in [7, 11) is 1.97. The SMILES string of the molecule is Cn1cnc2c(Sc3nc4ccc(N)cc4[nH]3)nccc21. The fraction of sp³-hybridized carbons (Fsp3) is 0.0714. The Balaban J connectivity index is 1.79. The van der Waals surface area contributed by atoms with Gasteiger partial charge in [0.15, 0.2) is 5.16 Å². The third kappa shape index (κ3) is 2.02. The molecule has 3 heterocycles. The lowest BCUT2D eigenvalue weighted by molar-refractivity contribution is 0.947. The topological polar surface area (TPSA) is 85.4 Å². The van der Waals surface area contributed by atoms with E-state index in [4.69, 9.17) is 5.73 Å². The summed E-state index contributed by atoms with van der Waals surface area (Å²) < 4.78 is 1.97. The minimum absolute atomic E-state index is 0.715. The van der Waals surface area contributed by atoms with E-state index in [0.717, 1.165) is 32.2 Å². The number of aromatic amines is 1. The Morgan fingerprint density at radius 1 is 1.24 bits per heavy atom. The molecule has 0 fully saturated rings. The minimum atomic E-state index is 0.715. The molecule has 4 rings (SSSR count). The van der Waals surface area contributed by atoms with Crippen molar-refractivity contribution in [3.8, 4) is 0 Å². The van der Waals surface area contributed by atoms with Crippen LogP contribution in [0, 0.1) is 0 Å². The molecule has 0 saturated carbocycles. The molecule has 0 aliphatic heterocycles. The van der Waals surface area contributed by atoms with E-state index < -0.39 is 0 Å². The molecule has 0 radical (unpaired) electrons. The highest BCUT2D eigenvalue weighted by Crippen LogP contribution is 2.30. The number of rotatable bonds is 2. The van der Waals surface area contributed by atoms with Crippen LogP contribution in [-0.4, -0.2) is 24.5 Å². The van der Waals surface area contributed by atoms with Crippen LogP contribution in [0.4, 0.5) is 5.69 Å². The molecule has 4 aromatic rings. The Hall–Kier alpha value is -2.54. The molecule has 6 nitrogen and oxygen atoms in total. The van der Waals surface area contributed by atoms with Gasteiger partial charge in [-0.15, -0.1) is 0 Å². The summed E-state index contributed by atoms with van der Waals surface area (Å²) in [5, 5.41) is 1.61. The third-order valence-electron chi connectivity index (χ3n) is 3.29. The van der Waals surface area contributed by atoms with Gasteiger partial charge in [-0.25, -0.2) is 15.0 Å². The lowest BCUT2D eigenvalue weighted by Crippen LogP contribution is -1.86. The molecular weight excluding hydrogens is 284 g/mol. The quantitative estimate of drug-likeness (QED) is 0.555. The first kappa shape index (κ1) is 12.2. The number of aromatic nitrogens is 5. The van der Waals surface area contributed by atoms with Gasteiger partial charge in [0.05, 0.1) is 22.9 Å². The molecule has 0 spiro atoms. The van der Waals surface area contributed by atoms with Crippen LogP contribution in [0.1, 0.15) is 0 Å². The maximum atomic E-state index is 5.78. The van der Waals surface area contributed by atoms with Crippen molar-refractivity contribution in [2.24, 2.45) is 7.05 Å². The second kappa shape index (κ2) is 4.49. The third-order valence-corrected chi connectivity index (χ3v) is 4.17. The fourth-order valence-corrected chi connectivity index (χ4v) is 3.11. The smallest absolute Gasteiger partial charge is 0.172 e. The van der Waals surface area contributed by atoms with E-state index in [1.165, 1.54) is 11.8 Å². The van der Waals surface area contributed by atoms with Crippen LogP contribution >= 0.6 is 11.8 Å². The van der Waals surface area contributed by atoms with Crippen LogP contribution in [0.5, 0.6) is 0 Å². The molecule has 3 aromatic heterocycles. The number of nitrogens with zero attached hydrogens (tertiary/aromatic N) is 4. The zero-order valence-corrected chi connectivity index (χ0v) is 12.1. The highest BCUT2D eigenvalue weighted by molar-refractivity contribution is 7.99. The molecule has 1 aromatic carbocycles. The summed E-state index contributed by atoms with van der Waals surface area (Å²) in [6.45, 7) is 0. The number of anilines is 1. The average molecular weight is 296 g/mol. The largest absolute Gasteiger partial charge is 0.399 e. The summed E-state index contributed by atoms with van der Waals surface area (Å²) in [6.07, 6.45) is 3.57. The van der Waals surface area contributed by atoms with Gasteiger partial charge in [0.2, 0.25) is 0 Å². The van der Waals surface area contributed by atoms with E-state index in [2.05, 4.69) is 19.9 Å². The molecule has 0 bridgehead atoms. The van der Waals surface area contributed by atoms with Crippen LogP contribution in [0.2, 0.25) is 0 Å². The molecule has 21 heavy (non-hydrogen) atoms. The summed E-state index contributed by atoms with van der Waals surface area (Å²) >= 11 is 1.47. The Labute approximate surface area is 124 Å². The van der Waals surface area contributed by atoms with Gasteiger partial charge in [0.25, 0.3) is 0 Å². The number of nitrogens with two attached hydrogens (primary N) is 1. The van der Waals surface area contributed by atoms with Gasteiger partial charge in [0, 0.05) is 18.9 Å². The van der Waals surface area contributed by atoms with E-state index in [-0.39, 0.29) is 0 Å². The van der Waals surface area contributed by atoms with Crippen LogP contribution < -0.4 is 5.73 Å². The van der Waals surface area contributed by atoms with Gasteiger partial charge < -0.3 is 15.3 Å². The van der Waals surface area contributed by atoms with E-state index >= 15 is 0 Å². The highest BCUT2D eigenvalue weighted by atomic mass is 32.2. The number of fused-ring (bicyclic) bond motifs is 2. The van der Waals surface area contributed by atoms with E-state index in [9.17, 15) is 0 Å². The van der Waals surface area contributed by atoms with Gasteiger partial charge in [-0.1, -0.05) is 0 Å². The molecule has 0 amide bonds. The van der Waals surface area contributed by atoms with Gasteiger partial charge in [-0.05, 0) is 36.0 Å². The zero-order chi connectivity index (χ0) is 14.4. The zero-order valence-electron chi connectivity index (χ0n) is 11.2. The van der Waals surface area contributed by atoms with Gasteiger partial charge >= 0.3 is 0 Å². The van der Waals surface area contributed by atoms with Crippen molar-refractivity contribution in [3.63, 3.8) is 0 Å². The Morgan fingerprint density at radius 3 is 3.05 bits per heavy atom. The van der Waals surface area contributed by atoms with Crippen molar-refractivity contribution < 1.29 is 0 Å². The first-order valence-corrected chi connectivity index (χ1v) is 7.21. The van der Waals surface area contributed by atoms with Crippen LogP contribution in [0.3, 0.4) is 0 Å². The second-order valence-electron chi connectivity index (χ2n) is 4.76. The number of imidazole rings is 2. The number of nitrogens with one attached hydrogen (secondary N) is 1. The fourth-order valence-electron chi connectivity index (χ4n) is 2.26. The van der Waals surface area contributed by atoms with Crippen LogP contribution in [-0.2, 0) is 7.05 Å². The van der Waals surface area contributed by atoms with Crippen LogP contribution in [0.15, 0.2) is 47.0 Å². The molecule has 0 saturated heterocycles. The first-order valence-electron chi connectivity index (χ1n) is 6.40. The molecule has 0 aliphatic carbocycles. The van der Waals surface area contributed by atoms with Gasteiger partial charge in [-0.2, -0.15) is 0 Å². The van der Waals surface area contributed by atoms with E-state index in [1.54, 1.807) is 12.5 Å². The number of H-pyrrole nitrogens is 1. The molecule has 0 atom stereocenters. The van der Waals surface area contributed by atoms with E-state index in [0.29, 0.717) is 5.69 Å². The van der Waals surface area contributed by atoms with Gasteiger partial charge in [0.1, 0.15) is 10.5 Å². The van der Waals surface area contributed by atoms with Crippen molar-refractivity contribution in [2.45, 2.75) is 10.2 Å². The van der Waals surface area contributed by atoms with E-state index in [1.807, 2.05) is 35.9 Å². The molecule has 7 heteroatoms. The van der Waals surface area contributed by atoms with Crippen LogP contribution in [0.25, 0.3) is 22.1 Å². The van der Waals surface area contributed by atoms with Crippen molar-refractivity contribution in [3.05, 3.63) is 36.8 Å². The Bertz CT molecular complexity index is 955. The maximum absolute atomic E-state index is 5.78. The summed E-state index contributed by atoms with van der Waals surface area (Å²) in [4.78, 5) is 16.6. The average Bonchev–Trinajstić information content (AvgIpc) is 3.03. The predicted molar refractivity (Wildman–Crippen MR) is 83.1 cm³/mol. The summed E-state index contributed by atoms with van der Waals surface area (Å²) in [6, 6.07) is 7.57. The lowest BCUT2D eigenvalue weighted by atomic mass is 10.3. The number of aryl methyl sites for hydroxylation is 1. The monoisotopic (exact) mass is 296 g/mol. The molecule has 0 unspecified atom stereocenters. The Kier molecular flexibility index (Phi) is 2.61. The normalized spacial score (nSPS) is 11.5. The lowest BCUT2D eigenvalue weighted by Gasteiger charge is -1.99. The molecule has 3 N–H and O–H groups in total. The number of benzene rings is 1. The second-order valence-corrected chi connectivity index (χ2v) is 5.74. The number of hydrogen-bond donors (Lipinski definition) is 2. The van der Waals surface area contributed by atoms with Crippen molar-refractivity contribution in [1.29, 1.82) is 0 Å². The first-order chi connectivity index (χ1) is 10.2.